The van der Waals surface area contributed by atoms with E-state index < -0.39 is 0 Å². The van der Waals surface area contributed by atoms with Gasteiger partial charge in [-0.15, -0.1) is 11.3 Å². The predicted octanol–water partition coefficient (Wildman–Crippen LogP) is 3.00. The molecular formula is C13H9BrN2O3S. The molecule has 2 aromatic rings. The predicted molar refractivity (Wildman–Crippen MR) is 79.6 cm³/mol. The van der Waals surface area contributed by atoms with Crippen molar-refractivity contribution in [3.8, 4) is 11.5 Å². The van der Waals surface area contributed by atoms with Gasteiger partial charge in [-0.2, -0.15) is 5.10 Å². The number of rotatable bonds is 3. The highest BCUT2D eigenvalue weighted by molar-refractivity contribution is 9.11. The quantitative estimate of drug-likeness (QED) is 0.682. The molecule has 0 bridgehead atoms. The van der Waals surface area contributed by atoms with Crippen molar-refractivity contribution in [1.29, 1.82) is 0 Å². The number of amides is 1. The number of ether oxygens (including phenoxy) is 2. The largest absolute Gasteiger partial charge is 0.454 e. The van der Waals surface area contributed by atoms with Crippen molar-refractivity contribution in [3.05, 3.63) is 44.6 Å². The Kier molecular flexibility index (Phi) is 3.70. The second kappa shape index (κ2) is 5.64. The maximum absolute atomic E-state index is 11.9. The summed E-state index contributed by atoms with van der Waals surface area (Å²) < 4.78 is 11.4. The van der Waals surface area contributed by atoms with Gasteiger partial charge in [0.2, 0.25) is 6.79 Å². The molecule has 0 spiro atoms. The van der Waals surface area contributed by atoms with Crippen LogP contribution in [0.15, 0.2) is 39.2 Å². The van der Waals surface area contributed by atoms with Crippen molar-refractivity contribution in [2.75, 3.05) is 6.79 Å². The molecule has 1 N–H and O–H groups in total. The number of hydrogen-bond donors (Lipinski definition) is 1. The van der Waals surface area contributed by atoms with E-state index in [0.29, 0.717) is 17.1 Å². The molecule has 20 heavy (non-hydrogen) atoms. The van der Waals surface area contributed by atoms with Gasteiger partial charge in [-0.05, 0) is 46.3 Å². The van der Waals surface area contributed by atoms with Gasteiger partial charge in [0.05, 0.1) is 10.0 Å². The van der Waals surface area contributed by atoms with Crippen LogP contribution in [0.3, 0.4) is 0 Å². The summed E-state index contributed by atoms with van der Waals surface area (Å²) >= 11 is 4.89. The number of benzene rings is 1. The van der Waals surface area contributed by atoms with Crippen molar-refractivity contribution in [2.24, 2.45) is 5.10 Å². The molecule has 1 aliphatic rings. The molecule has 1 aromatic heterocycles. The van der Waals surface area contributed by atoms with Gasteiger partial charge in [-0.25, -0.2) is 5.43 Å². The number of fused-ring (bicyclic) bond motifs is 1. The van der Waals surface area contributed by atoms with Crippen molar-refractivity contribution in [1.82, 2.24) is 5.43 Å². The van der Waals surface area contributed by atoms with Crippen molar-refractivity contribution >= 4 is 39.4 Å². The van der Waals surface area contributed by atoms with E-state index in [9.17, 15) is 4.79 Å². The lowest BCUT2D eigenvalue weighted by Gasteiger charge is -2.01. The zero-order valence-corrected chi connectivity index (χ0v) is 12.5. The molecule has 0 atom stereocenters. The van der Waals surface area contributed by atoms with Crippen LogP contribution >= 0.6 is 27.3 Å². The van der Waals surface area contributed by atoms with Crippen LogP contribution < -0.4 is 14.9 Å². The number of carbonyl (C=O) groups is 1. The van der Waals surface area contributed by atoms with Gasteiger partial charge in [-0.1, -0.05) is 0 Å². The molecule has 5 nitrogen and oxygen atoms in total. The van der Waals surface area contributed by atoms with Gasteiger partial charge in [0, 0.05) is 10.4 Å². The summed E-state index contributed by atoms with van der Waals surface area (Å²) in [5.41, 5.74) is 2.94. The third kappa shape index (κ3) is 2.83. The van der Waals surface area contributed by atoms with E-state index in [2.05, 4.69) is 26.5 Å². The number of hydrazone groups is 1. The highest BCUT2D eigenvalue weighted by Crippen LogP contribution is 2.32. The van der Waals surface area contributed by atoms with Gasteiger partial charge in [0.25, 0.3) is 5.91 Å². The van der Waals surface area contributed by atoms with Crippen LogP contribution in [0, 0.1) is 0 Å². The maximum Gasteiger partial charge on any atom is 0.271 e. The fraction of sp³-hybridized carbons (Fsp3) is 0.0769. The molecule has 1 amide bonds. The lowest BCUT2D eigenvalue weighted by Crippen LogP contribution is -2.17. The lowest BCUT2D eigenvalue weighted by molar-refractivity contribution is 0.0954. The summed E-state index contributed by atoms with van der Waals surface area (Å²) in [4.78, 5) is 12.9. The molecule has 7 heteroatoms. The van der Waals surface area contributed by atoms with E-state index in [0.717, 1.165) is 8.66 Å². The summed E-state index contributed by atoms with van der Waals surface area (Å²) in [5, 5.41) is 3.92. The summed E-state index contributed by atoms with van der Waals surface area (Å²) in [6.45, 7) is 0.186. The van der Waals surface area contributed by atoms with E-state index in [1.807, 2.05) is 12.1 Å². The summed E-state index contributed by atoms with van der Waals surface area (Å²) in [5.74, 6) is 0.924. The maximum atomic E-state index is 11.9. The van der Waals surface area contributed by atoms with E-state index >= 15 is 0 Å². The van der Waals surface area contributed by atoms with Crippen LogP contribution in [-0.2, 0) is 0 Å². The Bertz CT molecular complexity index is 684. The molecular weight excluding hydrogens is 344 g/mol. The number of nitrogens with one attached hydrogen (secondary N) is 1. The fourth-order valence-corrected chi connectivity index (χ4v) is 2.95. The zero-order chi connectivity index (χ0) is 13.9. The van der Waals surface area contributed by atoms with Crippen molar-refractivity contribution < 1.29 is 14.3 Å². The van der Waals surface area contributed by atoms with E-state index in [4.69, 9.17) is 9.47 Å². The van der Waals surface area contributed by atoms with Crippen molar-refractivity contribution in [3.63, 3.8) is 0 Å². The van der Waals surface area contributed by atoms with Gasteiger partial charge in [-0.3, -0.25) is 4.79 Å². The normalized spacial score (nSPS) is 12.8. The Morgan fingerprint density at radius 1 is 1.30 bits per heavy atom. The summed E-state index contributed by atoms with van der Waals surface area (Å²) in [6, 6.07) is 8.84. The van der Waals surface area contributed by atoms with E-state index in [1.165, 1.54) is 11.3 Å². The number of halogens is 1. The molecule has 0 saturated heterocycles. The third-order valence-electron chi connectivity index (χ3n) is 2.59. The van der Waals surface area contributed by atoms with E-state index in [1.54, 1.807) is 24.4 Å². The second-order valence-corrected chi connectivity index (χ2v) is 6.40. The average Bonchev–Trinajstić information content (AvgIpc) is 3.06. The van der Waals surface area contributed by atoms with E-state index in [-0.39, 0.29) is 12.7 Å². The Hall–Kier alpha value is -1.86. The van der Waals surface area contributed by atoms with Crippen LogP contribution in [0.25, 0.3) is 0 Å². The second-order valence-electron chi connectivity index (χ2n) is 3.91. The molecule has 102 valence electrons. The topological polar surface area (TPSA) is 59.9 Å². The number of carbonyl (C=O) groups excluding carboxylic acids is 1. The summed E-state index contributed by atoms with van der Waals surface area (Å²) in [6.07, 6.45) is 1.60. The molecule has 0 unspecified atom stereocenters. The van der Waals surface area contributed by atoms with Gasteiger partial charge < -0.3 is 9.47 Å². The number of hydrogen-bond acceptors (Lipinski definition) is 5. The zero-order valence-electron chi connectivity index (χ0n) is 10.1. The molecule has 1 aliphatic heterocycles. The van der Waals surface area contributed by atoms with Crippen LogP contribution in [-0.4, -0.2) is 18.9 Å². The van der Waals surface area contributed by atoms with Crippen LogP contribution in [0.1, 0.15) is 15.2 Å². The minimum Gasteiger partial charge on any atom is -0.454 e. The first kappa shape index (κ1) is 13.1. The number of nitrogens with zero attached hydrogens (tertiary/aromatic N) is 1. The van der Waals surface area contributed by atoms with Crippen molar-refractivity contribution in [2.45, 2.75) is 0 Å². The third-order valence-corrected chi connectivity index (χ3v) is 4.14. The molecule has 1 aromatic carbocycles. The monoisotopic (exact) mass is 352 g/mol. The van der Waals surface area contributed by atoms with Crippen LogP contribution in [0.4, 0.5) is 0 Å². The number of thiophene rings is 1. The molecule has 3 rings (SSSR count). The molecule has 0 aliphatic carbocycles. The van der Waals surface area contributed by atoms with Crippen LogP contribution in [0.2, 0.25) is 0 Å². The molecule has 2 heterocycles. The van der Waals surface area contributed by atoms with Gasteiger partial charge >= 0.3 is 0 Å². The summed E-state index contributed by atoms with van der Waals surface area (Å²) in [7, 11) is 0. The first-order chi connectivity index (χ1) is 9.72. The minimum absolute atomic E-state index is 0.186. The smallest absolute Gasteiger partial charge is 0.271 e. The highest BCUT2D eigenvalue weighted by atomic mass is 79.9. The Morgan fingerprint density at radius 3 is 2.95 bits per heavy atom. The molecule has 0 fully saturated rings. The SMILES string of the molecule is O=C(NN=Cc1ccc(Br)s1)c1ccc2c(c1)OCO2. The minimum atomic E-state index is -0.296. The molecule has 0 radical (unpaired) electrons. The standard InChI is InChI=1S/C13H9BrN2O3S/c14-12-4-2-9(20-12)6-15-16-13(17)8-1-3-10-11(5-8)19-7-18-10/h1-6H,7H2,(H,16,17). The first-order valence-corrected chi connectivity index (χ1v) is 7.32. The van der Waals surface area contributed by atoms with Gasteiger partial charge in [0.1, 0.15) is 0 Å². The first-order valence-electron chi connectivity index (χ1n) is 5.71. The molecule has 0 saturated carbocycles. The highest BCUT2D eigenvalue weighted by Gasteiger charge is 2.15. The Morgan fingerprint density at radius 2 is 2.15 bits per heavy atom. The Labute approximate surface area is 127 Å². The Balaban J connectivity index is 1.66. The average molecular weight is 353 g/mol. The van der Waals surface area contributed by atoms with Gasteiger partial charge in [0.15, 0.2) is 11.5 Å². The van der Waals surface area contributed by atoms with Crippen LogP contribution in [0.5, 0.6) is 11.5 Å². The lowest BCUT2D eigenvalue weighted by atomic mass is 10.2. The fourth-order valence-electron chi connectivity index (χ4n) is 1.65.